The van der Waals surface area contributed by atoms with Gasteiger partial charge in [0, 0.05) is 18.9 Å². The third kappa shape index (κ3) is 3.45. The minimum atomic E-state index is 0.750. The molecule has 1 aromatic heterocycles. The van der Waals surface area contributed by atoms with Gasteiger partial charge in [-0.2, -0.15) is 0 Å². The first kappa shape index (κ1) is 11.3. The predicted octanol–water partition coefficient (Wildman–Crippen LogP) is 1.59. The summed E-state index contributed by atoms with van der Waals surface area (Å²) in [7, 11) is 0. The maximum atomic E-state index is 4.23. The number of hydrogen-bond acceptors (Lipinski definition) is 4. The van der Waals surface area contributed by atoms with Gasteiger partial charge in [-0.25, -0.2) is 9.97 Å². The van der Waals surface area contributed by atoms with E-state index in [1.54, 1.807) is 0 Å². The average molecular weight is 220 g/mol. The van der Waals surface area contributed by atoms with Gasteiger partial charge in [0.1, 0.15) is 0 Å². The molecule has 16 heavy (non-hydrogen) atoms. The van der Waals surface area contributed by atoms with Crippen LogP contribution in [0.15, 0.2) is 12.4 Å². The van der Waals surface area contributed by atoms with E-state index in [9.17, 15) is 0 Å². The SMILES string of the molecule is Cc1cnc(NCCC2CCNCC2)nc1. The van der Waals surface area contributed by atoms with Crippen molar-refractivity contribution >= 4 is 5.95 Å². The second kappa shape index (κ2) is 5.80. The van der Waals surface area contributed by atoms with Crippen molar-refractivity contribution in [3.05, 3.63) is 18.0 Å². The highest BCUT2D eigenvalue weighted by Crippen LogP contribution is 2.15. The maximum absolute atomic E-state index is 4.23. The van der Waals surface area contributed by atoms with Gasteiger partial charge in [-0.3, -0.25) is 0 Å². The Morgan fingerprint density at radius 3 is 2.69 bits per heavy atom. The van der Waals surface area contributed by atoms with E-state index in [0.29, 0.717) is 0 Å². The van der Waals surface area contributed by atoms with E-state index >= 15 is 0 Å². The molecule has 2 heterocycles. The third-order valence-electron chi connectivity index (χ3n) is 3.08. The van der Waals surface area contributed by atoms with E-state index < -0.39 is 0 Å². The van der Waals surface area contributed by atoms with Crippen molar-refractivity contribution in [2.45, 2.75) is 26.2 Å². The molecular formula is C12H20N4. The van der Waals surface area contributed by atoms with Crippen LogP contribution in [0.4, 0.5) is 5.95 Å². The number of aryl methyl sites for hydroxylation is 1. The number of rotatable bonds is 4. The summed E-state index contributed by atoms with van der Waals surface area (Å²) in [6.45, 7) is 5.32. The first-order valence-corrected chi connectivity index (χ1v) is 6.08. The van der Waals surface area contributed by atoms with Gasteiger partial charge in [0.2, 0.25) is 5.95 Å². The molecule has 0 aromatic carbocycles. The van der Waals surface area contributed by atoms with Gasteiger partial charge in [0.25, 0.3) is 0 Å². The zero-order valence-electron chi connectivity index (χ0n) is 9.87. The summed E-state index contributed by atoms with van der Waals surface area (Å²) in [5, 5.41) is 6.66. The van der Waals surface area contributed by atoms with Gasteiger partial charge in [0.05, 0.1) is 0 Å². The Hall–Kier alpha value is -1.16. The summed E-state index contributed by atoms with van der Waals surface area (Å²) < 4.78 is 0. The van der Waals surface area contributed by atoms with Crippen molar-refractivity contribution in [1.82, 2.24) is 15.3 Å². The minimum absolute atomic E-state index is 0.750. The third-order valence-corrected chi connectivity index (χ3v) is 3.08. The largest absolute Gasteiger partial charge is 0.354 e. The Morgan fingerprint density at radius 2 is 2.00 bits per heavy atom. The topological polar surface area (TPSA) is 49.8 Å². The lowest BCUT2D eigenvalue weighted by molar-refractivity contribution is 0.361. The van der Waals surface area contributed by atoms with Crippen molar-refractivity contribution in [3.63, 3.8) is 0 Å². The Balaban J connectivity index is 1.69. The number of hydrogen-bond donors (Lipinski definition) is 2. The van der Waals surface area contributed by atoms with Crippen molar-refractivity contribution in [2.75, 3.05) is 25.0 Å². The average Bonchev–Trinajstić information content (AvgIpc) is 2.33. The number of aromatic nitrogens is 2. The van der Waals surface area contributed by atoms with E-state index in [1.165, 1.54) is 32.4 Å². The number of anilines is 1. The quantitative estimate of drug-likeness (QED) is 0.809. The molecule has 0 saturated carbocycles. The van der Waals surface area contributed by atoms with Crippen LogP contribution >= 0.6 is 0 Å². The number of piperidine rings is 1. The Kier molecular flexibility index (Phi) is 4.10. The Labute approximate surface area is 96.9 Å². The molecule has 0 spiro atoms. The van der Waals surface area contributed by atoms with E-state index in [2.05, 4.69) is 20.6 Å². The Bertz CT molecular complexity index is 303. The van der Waals surface area contributed by atoms with Gasteiger partial charge in [0.15, 0.2) is 0 Å². The fourth-order valence-electron chi connectivity index (χ4n) is 2.04. The fraction of sp³-hybridized carbons (Fsp3) is 0.667. The van der Waals surface area contributed by atoms with Crippen LogP contribution < -0.4 is 10.6 Å². The second-order valence-corrected chi connectivity index (χ2v) is 4.49. The molecule has 0 aliphatic carbocycles. The summed E-state index contributed by atoms with van der Waals surface area (Å²) in [6.07, 6.45) is 7.52. The molecule has 0 radical (unpaired) electrons. The monoisotopic (exact) mass is 220 g/mol. The molecule has 4 heteroatoms. The van der Waals surface area contributed by atoms with E-state index in [0.717, 1.165) is 24.0 Å². The summed E-state index contributed by atoms with van der Waals surface area (Å²) in [4.78, 5) is 8.45. The maximum Gasteiger partial charge on any atom is 0.222 e. The fourth-order valence-corrected chi connectivity index (χ4v) is 2.04. The molecule has 1 saturated heterocycles. The van der Waals surface area contributed by atoms with Crippen LogP contribution in [0.2, 0.25) is 0 Å². The number of nitrogens with zero attached hydrogens (tertiary/aromatic N) is 2. The predicted molar refractivity (Wildman–Crippen MR) is 65.5 cm³/mol. The van der Waals surface area contributed by atoms with Crippen LogP contribution in [0.3, 0.4) is 0 Å². The molecule has 1 aromatic rings. The van der Waals surface area contributed by atoms with Crippen molar-refractivity contribution < 1.29 is 0 Å². The van der Waals surface area contributed by atoms with Crippen molar-refractivity contribution in [2.24, 2.45) is 5.92 Å². The molecule has 88 valence electrons. The lowest BCUT2D eigenvalue weighted by atomic mass is 9.95. The van der Waals surface area contributed by atoms with Crippen LogP contribution in [-0.2, 0) is 0 Å². The molecular weight excluding hydrogens is 200 g/mol. The second-order valence-electron chi connectivity index (χ2n) is 4.49. The number of nitrogens with one attached hydrogen (secondary N) is 2. The van der Waals surface area contributed by atoms with Crippen LogP contribution in [0.25, 0.3) is 0 Å². The Morgan fingerprint density at radius 1 is 1.31 bits per heavy atom. The molecule has 1 aliphatic rings. The van der Waals surface area contributed by atoms with Crippen LogP contribution in [0, 0.1) is 12.8 Å². The molecule has 0 bridgehead atoms. The molecule has 2 rings (SSSR count). The lowest BCUT2D eigenvalue weighted by Gasteiger charge is -2.22. The first-order chi connectivity index (χ1) is 7.84. The van der Waals surface area contributed by atoms with Crippen LogP contribution in [0.5, 0.6) is 0 Å². The summed E-state index contributed by atoms with van der Waals surface area (Å²) >= 11 is 0. The van der Waals surface area contributed by atoms with Crippen LogP contribution in [-0.4, -0.2) is 29.6 Å². The molecule has 1 fully saturated rings. The van der Waals surface area contributed by atoms with Crippen molar-refractivity contribution in [3.8, 4) is 0 Å². The van der Waals surface area contributed by atoms with Gasteiger partial charge in [-0.05, 0) is 50.8 Å². The highest BCUT2D eigenvalue weighted by Gasteiger charge is 2.12. The molecule has 0 atom stereocenters. The summed E-state index contributed by atoms with van der Waals surface area (Å²) in [6, 6.07) is 0. The zero-order valence-corrected chi connectivity index (χ0v) is 9.87. The van der Waals surface area contributed by atoms with Crippen LogP contribution in [0.1, 0.15) is 24.8 Å². The standard InChI is InChI=1S/C12H20N4/c1-10-8-15-12(16-9-10)14-7-4-11-2-5-13-6-3-11/h8-9,11,13H,2-7H2,1H3,(H,14,15,16). The highest BCUT2D eigenvalue weighted by molar-refractivity contribution is 5.23. The van der Waals surface area contributed by atoms with E-state index in [4.69, 9.17) is 0 Å². The molecule has 0 amide bonds. The van der Waals surface area contributed by atoms with Gasteiger partial charge < -0.3 is 10.6 Å². The lowest BCUT2D eigenvalue weighted by Crippen LogP contribution is -2.28. The first-order valence-electron chi connectivity index (χ1n) is 6.08. The summed E-state index contributed by atoms with van der Waals surface area (Å²) in [5.74, 6) is 1.61. The normalized spacial score (nSPS) is 17.3. The smallest absolute Gasteiger partial charge is 0.222 e. The molecule has 1 aliphatic heterocycles. The summed E-state index contributed by atoms with van der Waals surface area (Å²) in [5.41, 5.74) is 1.10. The van der Waals surface area contributed by atoms with E-state index in [1.807, 2.05) is 19.3 Å². The van der Waals surface area contributed by atoms with E-state index in [-0.39, 0.29) is 0 Å². The van der Waals surface area contributed by atoms with Crippen molar-refractivity contribution in [1.29, 1.82) is 0 Å². The molecule has 0 unspecified atom stereocenters. The van der Waals surface area contributed by atoms with Gasteiger partial charge in [-0.1, -0.05) is 0 Å². The van der Waals surface area contributed by atoms with Gasteiger partial charge >= 0.3 is 0 Å². The van der Waals surface area contributed by atoms with Gasteiger partial charge in [-0.15, -0.1) is 0 Å². The minimum Gasteiger partial charge on any atom is -0.354 e. The molecule has 2 N–H and O–H groups in total. The molecule has 4 nitrogen and oxygen atoms in total. The highest BCUT2D eigenvalue weighted by atomic mass is 15.1. The zero-order chi connectivity index (χ0) is 11.2.